The van der Waals surface area contributed by atoms with Gasteiger partial charge in [0.25, 0.3) is 5.91 Å². The standard InChI is InChI=1S/C11H13N5O/c1-2-3-9-13-6-7-16(9)10-5-4-8(11(12)17)14-15-10/h4-7H,2-3H2,1H3,(H2,12,17). The summed E-state index contributed by atoms with van der Waals surface area (Å²) in [4.78, 5) is 15.1. The van der Waals surface area contributed by atoms with Crippen LogP contribution in [0.4, 0.5) is 0 Å². The first-order valence-corrected chi connectivity index (χ1v) is 5.38. The maximum Gasteiger partial charge on any atom is 0.269 e. The summed E-state index contributed by atoms with van der Waals surface area (Å²) >= 11 is 0. The summed E-state index contributed by atoms with van der Waals surface area (Å²) in [6.45, 7) is 2.08. The van der Waals surface area contributed by atoms with E-state index in [4.69, 9.17) is 5.73 Å². The molecular weight excluding hydrogens is 218 g/mol. The van der Waals surface area contributed by atoms with Crippen molar-refractivity contribution >= 4 is 5.91 Å². The van der Waals surface area contributed by atoms with Gasteiger partial charge in [0.05, 0.1) is 0 Å². The van der Waals surface area contributed by atoms with Crippen molar-refractivity contribution in [3.8, 4) is 5.82 Å². The average molecular weight is 231 g/mol. The van der Waals surface area contributed by atoms with E-state index in [2.05, 4.69) is 22.1 Å². The molecule has 0 radical (unpaired) electrons. The van der Waals surface area contributed by atoms with Gasteiger partial charge >= 0.3 is 0 Å². The number of aromatic nitrogens is 4. The van der Waals surface area contributed by atoms with Crippen molar-refractivity contribution in [2.45, 2.75) is 19.8 Å². The first-order chi connectivity index (χ1) is 8.22. The number of carbonyl (C=O) groups is 1. The fourth-order valence-corrected chi connectivity index (χ4v) is 1.54. The van der Waals surface area contributed by atoms with E-state index < -0.39 is 5.91 Å². The molecule has 0 aromatic carbocycles. The summed E-state index contributed by atoms with van der Waals surface area (Å²) in [5.74, 6) is 0.980. The highest BCUT2D eigenvalue weighted by Crippen LogP contribution is 2.08. The number of hydrogen-bond acceptors (Lipinski definition) is 4. The van der Waals surface area contributed by atoms with Crippen LogP contribution in [0.2, 0.25) is 0 Å². The van der Waals surface area contributed by atoms with Crippen LogP contribution in [0.25, 0.3) is 5.82 Å². The van der Waals surface area contributed by atoms with E-state index in [0.29, 0.717) is 5.82 Å². The number of amides is 1. The average Bonchev–Trinajstić information content (AvgIpc) is 2.78. The molecule has 6 heteroatoms. The lowest BCUT2D eigenvalue weighted by Crippen LogP contribution is -2.14. The van der Waals surface area contributed by atoms with E-state index >= 15 is 0 Å². The molecular formula is C11H13N5O. The van der Waals surface area contributed by atoms with Crippen molar-refractivity contribution in [1.82, 2.24) is 19.7 Å². The molecule has 0 saturated heterocycles. The van der Waals surface area contributed by atoms with E-state index in [1.807, 2.05) is 10.8 Å². The predicted octanol–water partition coefficient (Wildman–Crippen LogP) is 0.714. The van der Waals surface area contributed by atoms with Gasteiger partial charge < -0.3 is 5.73 Å². The predicted molar refractivity (Wildman–Crippen MR) is 61.7 cm³/mol. The molecule has 6 nitrogen and oxygen atoms in total. The maximum absolute atomic E-state index is 10.9. The number of imidazole rings is 1. The van der Waals surface area contributed by atoms with Crippen LogP contribution in [0.1, 0.15) is 29.7 Å². The van der Waals surface area contributed by atoms with Crippen LogP contribution in [-0.4, -0.2) is 25.7 Å². The molecule has 0 fully saturated rings. The molecule has 2 heterocycles. The zero-order chi connectivity index (χ0) is 12.3. The lowest BCUT2D eigenvalue weighted by Gasteiger charge is -2.05. The third-order valence-electron chi connectivity index (χ3n) is 2.34. The van der Waals surface area contributed by atoms with Gasteiger partial charge in [-0.05, 0) is 18.6 Å². The lowest BCUT2D eigenvalue weighted by molar-refractivity contribution is 0.0994. The molecule has 1 amide bonds. The summed E-state index contributed by atoms with van der Waals surface area (Å²) in [5.41, 5.74) is 5.26. The highest BCUT2D eigenvalue weighted by Gasteiger charge is 2.07. The third-order valence-corrected chi connectivity index (χ3v) is 2.34. The number of nitrogens with zero attached hydrogens (tertiary/aromatic N) is 4. The molecule has 2 aromatic heterocycles. The number of aryl methyl sites for hydroxylation is 1. The molecule has 17 heavy (non-hydrogen) atoms. The molecule has 2 N–H and O–H groups in total. The number of carbonyl (C=O) groups excluding carboxylic acids is 1. The van der Waals surface area contributed by atoms with Gasteiger partial charge in [-0.1, -0.05) is 6.92 Å². The van der Waals surface area contributed by atoms with Crippen LogP contribution >= 0.6 is 0 Å². The Balaban J connectivity index is 2.33. The monoisotopic (exact) mass is 231 g/mol. The normalized spacial score (nSPS) is 10.4. The maximum atomic E-state index is 10.9. The van der Waals surface area contributed by atoms with Crippen LogP contribution < -0.4 is 5.73 Å². The molecule has 0 aliphatic carbocycles. The smallest absolute Gasteiger partial charge is 0.269 e. The Morgan fingerprint density at radius 1 is 1.41 bits per heavy atom. The van der Waals surface area contributed by atoms with Crippen LogP contribution in [0, 0.1) is 0 Å². The Kier molecular flexibility index (Phi) is 3.13. The highest BCUT2D eigenvalue weighted by atomic mass is 16.1. The molecule has 0 bridgehead atoms. The molecule has 0 unspecified atom stereocenters. The molecule has 0 spiro atoms. The molecule has 0 aliphatic rings. The number of hydrogen-bond donors (Lipinski definition) is 1. The fraction of sp³-hybridized carbons (Fsp3) is 0.273. The molecule has 88 valence electrons. The van der Waals surface area contributed by atoms with Gasteiger partial charge in [-0.3, -0.25) is 9.36 Å². The van der Waals surface area contributed by atoms with Crippen molar-refractivity contribution in [3.05, 3.63) is 36.0 Å². The van der Waals surface area contributed by atoms with Crippen molar-refractivity contribution < 1.29 is 4.79 Å². The Morgan fingerprint density at radius 3 is 2.82 bits per heavy atom. The summed E-state index contributed by atoms with van der Waals surface area (Å²) in [6, 6.07) is 3.26. The molecule has 0 saturated carbocycles. The van der Waals surface area contributed by atoms with Crippen molar-refractivity contribution in [3.63, 3.8) is 0 Å². The summed E-state index contributed by atoms with van der Waals surface area (Å²) in [6.07, 6.45) is 5.41. The minimum atomic E-state index is -0.580. The van der Waals surface area contributed by atoms with Gasteiger partial charge in [0.1, 0.15) is 5.82 Å². The van der Waals surface area contributed by atoms with E-state index in [0.717, 1.165) is 18.7 Å². The quantitative estimate of drug-likeness (QED) is 0.839. The SMILES string of the molecule is CCCc1nccn1-c1ccc(C(N)=O)nn1. The molecule has 2 aromatic rings. The van der Waals surface area contributed by atoms with Crippen molar-refractivity contribution in [2.24, 2.45) is 5.73 Å². The van der Waals surface area contributed by atoms with Crippen molar-refractivity contribution in [1.29, 1.82) is 0 Å². The van der Waals surface area contributed by atoms with Crippen LogP contribution in [0.5, 0.6) is 0 Å². The summed E-state index contributed by atoms with van der Waals surface area (Å²) < 4.78 is 1.85. The zero-order valence-electron chi connectivity index (χ0n) is 9.50. The van der Waals surface area contributed by atoms with Gasteiger partial charge in [0.15, 0.2) is 11.5 Å². The van der Waals surface area contributed by atoms with E-state index in [1.54, 1.807) is 18.3 Å². The Labute approximate surface area is 98.5 Å². The number of primary amides is 1. The summed E-state index contributed by atoms with van der Waals surface area (Å²) in [5, 5.41) is 7.72. The van der Waals surface area contributed by atoms with Crippen LogP contribution in [0.15, 0.2) is 24.5 Å². The summed E-state index contributed by atoms with van der Waals surface area (Å²) in [7, 11) is 0. The topological polar surface area (TPSA) is 86.7 Å². The minimum Gasteiger partial charge on any atom is -0.364 e. The second kappa shape index (κ2) is 4.73. The zero-order valence-corrected chi connectivity index (χ0v) is 9.50. The van der Waals surface area contributed by atoms with Gasteiger partial charge in [-0.25, -0.2) is 4.98 Å². The van der Waals surface area contributed by atoms with E-state index in [-0.39, 0.29) is 5.69 Å². The Morgan fingerprint density at radius 2 is 2.24 bits per heavy atom. The minimum absolute atomic E-state index is 0.158. The lowest BCUT2D eigenvalue weighted by atomic mass is 10.3. The molecule has 0 atom stereocenters. The van der Waals surface area contributed by atoms with Gasteiger partial charge in [0.2, 0.25) is 0 Å². The van der Waals surface area contributed by atoms with Gasteiger partial charge in [-0.2, -0.15) is 0 Å². The second-order valence-corrected chi connectivity index (χ2v) is 3.60. The van der Waals surface area contributed by atoms with E-state index in [1.165, 1.54) is 0 Å². The third kappa shape index (κ3) is 2.30. The first kappa shape index (κ1) is 11.3. The van der Waals surface area contributed by atoms with Crippen molar-refractivity contribution in [2.75, 3.05) is 0 Å². The highest BCUT2D eigenvalue weighted by molar-refractivity contribution is 5.90. The Bertz CT molecular complexity index is 517. The van der Waals surface area contributed by atoms with Gasteiger partial charge in [0, 0.05) is 18.8 Å². The second-order valence-electron chi connectivity index (χ2n) is 3.60. The van der Waals surface area contributed by atoms with E-state index in [9.17, 15) is 4.79 Å². The fourth-order valence-electron chi connectivity index (χ4n) is 1.54. The van der Waals surface area contributed by atoms with Crippen LogP contribution in [-0.2, 0) is 6.42 Å². The largest absolute Gasteiger partial charge is 0.364 e. The Hall–Kier alpha value is -2.24. The number of rotatable bonds is 4. The van der Waals surface area contributed by atoms with Crippen LogP contribution in [0.3, 0.4) is 0 Å². The first-order valence-electron chi connectivity index (χ1n) is 5.38. The molecule has 0 aliphatic heterocycles. The van der Waals surface area contributed by atoms with Gasteiger partial charge in [-0.15, -0.1) is 10.2 Å². The molecule has 2 rings (SSSR count). The number of nitrogens with two attached hydrogens (primary N) is 1.